The topological polar surface area (TPSA) is 63.2 Å². The minimum Gasteiger partial charge on any atom is -0.364 e. The summed E-state index contributed by atoms with van der Waals surface area (Å²) in [6, 6.07) is 10.7. The van der Waals surface area contributed by atoms with Gasteiger partial charge in [-0.3, -0.25) is 0 Å². The van der Waals surface area contributed by atoms with Crippen LogP contribution in [0.25, 0.3) is 0 Å². The summed E-state index contributed by atoms with van der Waals surface area (Å²) in [5.74, 6) is -0.460. The molecule has 17 heavy (non-hydrogen) atoms. The number of hydrogen-bond donors (Lipinski definition) is 0. The summed E-state index contributed by atoms with van der Waals surface area (Å²) in [6.45, 7) is 0. The first-order valence-corrected chi connectivity index (χ1v) is 5.27. The lowest BCUT2D eigenvalue weighted by Crippen LogP contribution is -2.28. The number of benzene rings is 1. The normalized spacial score (nSPS) is 10.8. The number of nitrogens with zero attached hydrogens (tertiary/aromatic N) is 4. The Morgan fingerprint density at radius 1 is 1.24 bits per heavy atom. The quantitative estimate of drug-likeness (QED) is 0.595. The number of hydrogen-bond acceptors (Lipinski definition) is 3. The van der Waals surface area contributed by atoms with Crippen molar-refractivity contribution in [3.63, 3.8) is 0 Å². The molecule has 0 radical (unpaired) electrons. The molecule has 0 unspecified atom stereocenters. The molecule has 1 aromatic rings. The van der Waals surface area contributed by atoms with Crippen LogP contribution in [-0.2, 0) is 0 Å². The van der Waals surface area contributed by atoms with E-state index in [1.807, 2.05) is 12.1 Å². The third kappa shape index (κ3) is 3.48. The maximum Gasteiger partial charge on any atom is 0.190 e. The highest BCUT2D eigenvalue weighted by molar-refractivity contribution is 6.30. The van der Waals surface area contributed by atoms with Crippen LogP contribution in [0.4, 0.5) is 5.69 Å². The molecule has 1 aromatic carbocycles. The highest BCUT2D eigenvalue weighted by atomic mass is 35.5. The highest BCUT2D eigenvalue weighted by Gasteiger charge is 2.16. The second kappa shape index (κ2) is 5.89. The fourth-order valence-electron chi connectivity index (χ4n) is 1.21. The third-order valence-corrected chi connectivity index (χ3v) is 2.30. The van der Waals surface area contributed by atoms with Crippen molar-refractivity contribution in [3.8, 4) is 12.1 Å². The Kier molecular flexibility index (Phi) is 4.51. The standard InChI is InChI=1S/C12H11ClN4/c1-17(2)12(9(7-14)8-15)16-11-5-3-10(13)4-6-11/h3-6,9H,1-2H3. The summed E-state index contributed by atoms with van der Waals surface area (Å²) in [5, 5.41) is 18.4. The number of rotatable bonds is 2. The molecule has 0 spiro atoms. The average molecular weight is 247 g/mol. The molecule has 5 heteroatoms. The zero-order chi connectivity index (χ0) is 12.8. The van der Waals surface area contributed by atoms with Crippen molar-refractivity contribution in [3.05, 3.63) is 29.3 Å². The van der Waals surface area contributed by atoms with Crippen LogP contribution in [-0.4, -0.2) is 24.8 Å². The van der Waals surface area contributed by atoms with Gasteiger partial charge in [-0.15, -0.1) is 0 Å². The van der Waals surface area contributed by atoms with Crippen molar-refractivity contribution in [1.82, 2.24) is 4.90 Å². The van der Waals surface area contributed by atoms with Crippen molar-refractivity contribution < 1.29 is 0 Å². The van der Waals surface area contributed by atoms with Crippen molar-refractivity contribution in [1.29, 1.82) is 10.5 Å². The zero-order valence-electron chi connectivity index (χ0n) is 9.55. The smallest absolute Gasteiger partial charge is 0.190 e. The van der Waals surface area contributed by atoms with Crippen LogP contribution in [0.3, 0.4) is 0 Å². The van der Waals surface area contributed by atoms with Gasteiger partial charge in [-0.05, 0) is 24.3 Å². The van der Waals surface area contributed by atoms with Gasteiger partial charge < -0.3 is 4.90 Å². The zero-order valence-corrected chi connectivity index (χ0v) is 10.3. The fraction of sp³-hybridized carbons (Fsp3) is 0.250. The van der Waals surface area contributed by atoms with Crippen molar-refractivity contribution in [2.75, 3.05) is 14.1 Å². The fourth-order valence-corrected chi connectivity index (χ4v) is 1.34. The van der Waals surface area contributed by atoms with Crippen LogP contribution in [0.15, 0.2) is 29.3 Å². The molecule has 1 rings (SSSR count). The summed E-state index contributed by atoms with van der Waals surface area (Å²) < 4.78 is 0. The van der Waals surface area contributed by atoms with Gasteiger partial charge in [0, 0.05) is 19.1 Å². The Balaban J connectivity index is 3.12. The lowest BCUT2D eigenvalue weighted by Gasteiger charge is -2.15. The monoisotopic (exact) mass is 246 g/mol. The van der Waals surface area contributed by atoms with Gasteiger partial charge in [0.1, 0.15) is 5.84 Å². The van der Waals surface area contributed by atoms with Gasteiger partial charge in [0.15, 0.2) is 5.92 Å². The predicted molar refractivity (Wildman–Crippen MR) is 67.0 cm³/mol. The molecule has 0 saturated heterocycles. The van der Waals surface area contributed by atoms with Crippen molar-refractivity contribution in [2.24, 2.45) is 10.9 Å². The first-order chi connectivity index (χ1) is 8.08. The van der Waals surface area contributed by atoms with E-state index in [1.54, 1.807) is 43.3 Å². The van der Waals surface area contributed by atoms with Gasteiger partial charge in [-0.2, -0.15) is 10.5 Å². The second-order valence-corrected chi connectivity index (χ2v) is 3.97. The summed E-state index contributed by atoms with van der Waals surface area (Å²) >= 11 is 5.76. The van der Waals surface area contributed by atoms with Crippen molar-refractivity contribution in [2.45, 2.75) is 0 Å². The third-order valence-electron chi connectivity index (χ3n) is 2.04. The Morgan fingerprint density at radius 2 is 1.76 bits per heavy atom. The van der Waals surface area contributed by atoms with E-state index >= 15 is 0 Å². The summed E-state index contributed by atoms with van der Waals surface area (Å²) in [5.41, 5.74) is 0.661. The molecule has 0 N–H and O–H groups in total. The molecule has 0 bridgehead atoms. The van der Waals surface area contributed by atoms with E-state index in [0.29, 0.717) is 16.5 Å². The molecule has 0 atom stereocenters. The van der Waals surface area contributed by atoms with E-state index in [9.17, 15) is 0 Å². The lowest BCUT2D eigenvalue weighted by molar-refractivity contribution is 0.600. The number of nitriles is 2. The van der Waals surface area contributed by atoms with Gasteiger partial charge in [0.2, 0.25) is 0 Å². The van der Waals surface area contributed by atoms with Crippen LogP contribution < -0.4 is 0 Å². The molecule has 0 heterocycles. The predicted octanol–water partition coefficient (Wildman–Crippen LogP) is 2.59. The van der Waals surface area contributed by atoms with Crippen molar-refractivity contribution >= 4 is 23.1 Å². The number of aliphatic imine (C=N–C) groups is 1. The van der Waals surface area contributed by atoms with E-state index in [-0.39, 0.29) is 0 Å². The minimum absolute atomic E-state index is 0.414. The van der Waals surface area contributed by atoms with Gasteiger partial charge in [0.25, 0.3) is 0 Å². The highest BCUT2D eigenvalue weighted by Crippen LogP contribution is 2.18. The first-order valence-electron chi connectivity index (χ1n) is 4.89. The molecule has 0 amide bonds. The SMILES string of the molecule is CN(C)C(=Nc1ccc(Cl)cc1)C(C#N)C#N. The van der Waals surface area contributed by atoms with Crippen LogP contribution in [0.2, 0.25) is 5.02 Å². The average Bonchev–Trinajstić information content (AvgIpc) is 2.31. The van der Waals surface area contributed by atoms with E-state index in [1.165, 1.54) is 0 Å². The maximum absolute atomic E-state index is 8.87. The van der Waals surface area contributed by atoms with Crippen LogP contribution >= 0.6 is 11.6 Å². The van der Waals surface area contributed by atoms with Gasteiger partial charge in [-0.1, -0.05) is 11.6 Å². The second-order valence-electron chi connectivity index (χ2n) is 3.53. The molecule has 0 aromatic heterocycles. The number of halogens is 1. The van der Waals surface area contributed by atoms with E-state index in [0.717, 1.165) is 0 Å². The van der Waals surface area contributed by atoms with E-state index < -0.39 is 5.92 Å². The molecular formula is C12H11ClN4. The molecule has 0 aliphatic carbocycles. The Hall–Kier alpha value is -2.04. The molecule has 0 saturated carbocycles. The summed E-state index contributed by atoms with van der Waals surface area (Å²) in [6.07, 6.45) is 0. The largest absolute Gasteiger partial charge is 0.364 e. The number of amidine groups is 1. The molecule has 4 nitrogen and oxygen atoms in total. The Labute approximate surface area is 105 Å². The summed E-state index contributed by atoms with van der Waals surface area (Å²) in [7, 11) is 3.49. The molecule has 86 valence electrons. The van der Waals surface area contributed by atoms with E-state index in [2.05, 4.69) is 4.99 Å². The van der Waals surface area contributed by atoms with E-state index in [4.69, 9.17) is 22.1 Å². The molecule has 0 aliphatic rings. The first kappa shape index (κ1) is 13.0. The van der Waals surface area contributed by atoms with Crippen LogP contribution in [0.5, 0.6) is 0 Å². The minimum atomic E-state index is -0.874. The Bertz CT molecular complexity index is 477. The molecule has 0 aliphatic heterocycles. The molecular weight excluding hydrogens is 236 g/mol. The maximum atomic E-state index is 8.87. The molecule has 0 fully saturated rings. The van der Waals surface area contributed by atoms with Crippen LogP contribution in [0.1, 0.15) is 0 Å². The Morgan fingerprint density at radius 3 is 2.18 bits per heavy atom. The lowest BCUT2D eigenvalue weighted by atomic mass is 10.1. The summed E-state index contributed by atoms with van der Waals surface area (Å²) in [4.78, 5) is 5.94. The van der Waals surface area contributed by atoms with Crippen LogP contribution in [0, 0.1) is 28.6 Å². The van der Waals surface area contributed by atoms with Gasteiger partial charge in [0.05, 0.1) is 17.8 Å². The van der Waals surface area contributed by atoms with Gasteiger partial charge in [-0.25, -0.2) is 4.99 Å². The van der Waals surface area contributed by atoms with Gasteiger partial charge >= 0.3 is 0 Å².